The molecule has 12 heteroatoms. The maximum atomic E-state index is 12.6. The minimum atomic E-state index is -4.71. The van der Waals surface area contributed by atoms with E-state index in [-0.39, 0.29) is 22.2 Å². The van der Waals surface area contributed by atoms with Crippen LogP contribution >= 0.6 is 11.8 Å². The summed E-state index contributed by atoms with van der Waals surface area (Å²) in [7, 11) is -3.16. The maximum absolute atomic E-state index is 12.6. The molecular weight excluding hydrogens is 385 g/mol. The molecule has 0 aliphatic carbocycles. The lowest BCUT2D eigenvalue weighted by atomic mass is 10.2. The van der Waals surface area contributed by atoms with E-state index in [0.717, 1.165) is 6.07 Å². The van der Waals surface area contributed by atoms with Crippen molar-refractivity contribution < 1.29 is 31.3 Å². The highest BCUT2D eigenvalue weighted by molar-refractivity contribution is 8.00. The summed E-state index contributed by atoms with van der Waals surface area (Å²) in [6.07, 6.45) is -4.42. The van der Waals surface area contributed by atoms with Crippen LogP contribution < -0.4 is 5.32 Å². The van der Waals surface area contributed by atoms with Gasteiger partial charge in [0.2, 0.25) is 5.91 Å². The second-order valence-electron chi connectivity index (χ2n) is 5.39. The van der Waals surface area contributed by atoms with Crippen LogP contribution in [-0.4, -0.2) is 42.5 Å². The third kappa shape index (κ3) is 5.33. The first-order chi connectivity index (χ1) is 11.5. The lowest BCUT2D eigenvalue weighted by molar-refractivity contribution is -0.388. The molecule has 0 radical (unpaired) electrons. The zero-order chi connectivity index (χ0) is 18.8. The van der Waals surface area contributed by atoms with Crippen molar-refractivity contribution in [2.24, 2.45) is 0 Å². The zero-order valence-electron chi connectivity index (χ0n) is 12.6. The fourth-order valence-corrected chi connectivity index (χ4v) is 4.77. The molecule has 0 saturated carbocycles. The highest BCUT2D eigenvalue weighted by atomic mass is 32.2. The normalized spacial score (nSPS) is 19.6. The van der Waals surface area contributed by atoms with Gasteiger partial charge in [-0.15, -0.1) is 11.8 Å². The topological polar surface area (TPSA) is 106 Å². The molecule has 0 spiro atoms. The SMILES string of the molecule is O=C(CSc1ccc(C(F)(F)F)cc1[N+](=O)[O-])N[C@@H]1CCS(=O)(=O)C1. The number of carbonyl (C=O) groups is 1. The Morgan fingerprint density at radius 2 is 2.08 bits per heavy atom. The van der Waals surface area contributed by atoms with E-state index in [1.165, 1.54) is 0 Å². The van der Waals surface area contributed by atoms with Crippen LogP contribution in [-0.2, 0) is 20.8 Å². The number of sulfone groups is 1. The molecule has 1 aromatic carbocycles. The van der Waals surface area contributed by atoms with Crippen molar-refractivity contribution in [1.82, 2.24) is 5.32 Å². The molecule has 1 heterocycles. The molecule has 1 aromatic rings. The number of benzene rings is 1. The van der Waals surface area contributed by atoms with Crippen molar-refractivity contribution in [3.05, 3.63) is 33.9 Å². The predicted octanol–water partition coefficient (Wildman–Crippen LogP) is 2.01. The maximum Gasteiger partial charge on any atom is 0.416 e. The van der Waals surface area contributed by atoms with E-state index in [2.05, 4.69) is 5.32 Å². The van der Waals surface area contributed by atoms with E-state index in [1.54, 1.807) is 0 Å². The first-order valence-electron chi connectivity index (χ1n) is 6.96. The summed E-state index contributed by atoms with van der Waals surface area (Å²) < 4.78 is 60.5. The summed E-state index contributed by atoms with van der Waals surface area (Å²) in [5, 5.41) is 13.5. The molecule has 0 aromatic heterocycles. The van der Waals surface area contributed by atoms with Gasteiger partial charge in [-0.05, 0) is 18.6 Å². The smallest absolute Gasteiger partial charge is 0.352 e. The number of hydrogen-bond donors (Lipinski definition) is 1. The van der Waals surface area contributed by atoms with Gasteiger partial charge in [0, 0.05) is 12.1 Å². The van der Waals surface area contributed by atoms with Crippen molar-refractivity contribution in [1.29, 1.82) is 0 Å². The van der Waals surface area contributed by atoms with Crippen LogP contribution in [0.4, 0.5) is 18.9 Å². The van der Waals surface area contributed by atoms with Crippen molar-refractivity contribution in [2.75, 3.05) is 17.3 Å². The fourth-order valence-electron chi connectivity index (χ4n) is 2.28. The molecule has 0 unspecified atom stereocenters. The molecule has 138 valence electrons. The molecule has 1 saturated heterocycles. The molecule has 1 N–H and O–H groups in total. The number of nitro groups is 1. The van der Waals surface area contributed by atoms with E-state index in [9.17, 15) is 36.5 Å². The third-order valence-corrected chi connectivity index (χ3v) is 6.27. The highest BCUT2D eigenvalue weighted by Crippen LogP contribution is 2.36. The standard InChI is InChI=1S/C13H13F3N2O5S2/c14-13(15,16)8-1-2-11(10(5-8)18(20)21)24-6-12(19)17-9-3-4-25(22,23)7-9/h1-2,5,9H,3-4,6-7H2,(H,17,19)/t9-/m1/s1. The molecular formula is C13H13F3N2O5S2. The monoisotopic (exact) mass is 398 g/mol. The van der Waals surface area contributed by atoms with Gasteiger partial charge in [-0.1, -0.05) is 0 Å². The van der Waals surface area contributed by atoms with Gasteiger partial charge in [0.25, 0.3) is 5.69 Å². The summed E-state index contributed by atoms with van der Waals surface area (Å²) >= 11 is 0.716. The molecule has 25 heavy (non-hydrogen) atoms. The molecule has 1 aliphatic heterocycles. The first kappa shape index (κ1) is 19.5. The number of thioether (sulfide) groups is 1. The van der Waals surface area contributed by atoms with Crippen molar-refractivity contribution >= 4 is 33.2 Å². The highest BCUT2D eigenvalue weighted by Gasteiger charge is 2.33. The van der Waals surface area contributed by atoms with Gasteiger partial charge in [-0.2, -0.15) is 13.2 Å². The van der Waals surface area contributed by atoms with Gasteiger partial charge in [0.05, 0.1) is 32.6 Å². The summed E-state index contributed by atoms with van der Waals surface area (Å²) in [5.74, 6) is -0.997. The van der Waals surface area contributed by atoms with Gasteiger partial charge in [0.15, 0.2) is 9.84 Å². The summed E-state index contributed by atoms with van der Waals surface area (Å²) in [6, 6.07) is 1.56. The van der Waals surface area contributed by atoms with Crippen LogP contribution in [0.2, 0.25) is 0 Å². The van der Waals surface area contributed by atoms with Crippen LogP contribution in [0.3, 0.4) is 0 Å². The molecule has 1 atom stereocenters. The Hall–Kier alpha value is -1.82. The van der Waals surface area contributed by atoms with Gasteiger partial charge in [0.1, 0.15) is 0 Å². The second kappa shape index (κ2) is 7.20. The zero-order valence-corrected chi connectivity index (χ0v) is 14.2. The van der Waals surface area contributed by atoms with Gasteiger partial charge < -0.3 is 5.32 Å². The predicted molar refractivity (Wildman–Crippen MR) is 84.0 cm³/mol. The number of rotatable bonds is 5. The average Bonchev–Trinajstić information content (AvgIpc) is 2.82. The van der Waals surface area contributed by atoms with E-state index in [0.29, 0.717) is 30.3 Å². The lowest BCUT2D eigenvalue weighted by Gasteiger charge is -2.11. The van der Waals surface area contributed by atoms with Crippen LogP contribution in [0.25, 0.3) is 0 Å². The van der Waals surface area contributed by atoms with Gasteiger partial charge >= 0.3 is 6.18 Å². The Bertz CT molecular complexity index is 795. The van der Waals surface area contributed by atoms with E-state index in [1.807, 2.05) is 0 Å². The quantitative estimate of drug-likeness (QED) is 0.462. The Morgan fingerprint density at radius 3 is 2.60 bits per heavy atom. The summed E-state index contributed by atoms with van der Waals surface area (Å²) in [6.45, 7) is 0. The van der Waals surface area contributed by atoms with Crippen LogP contribution in [0, 0.1) is 10.1 Å². The van der Waals surface area contributed by atoms with E-state index in [4.69, 9.17) is 0 Å². The Morgan fingerprint density at radius 1 is 1.40 bits per heavy atom. The number of hydrogen-bond acceptors (Lipinski definition) is 6. The van der Waals surface area contributed by atoms with Gasteiger partial charge in [-0.3, -0.25) is 14.9 Å². The summed E-state index contributed by atoms with van der Waals surface area (Å²) in [4.78, 5) is 21.7. The average molecular weight is 398 g/mol. The number of alkyl halides is 3. The van der Waals surface area contributed by atoms with Crippen molar-refractivity contribution in [2.45, 2.75) is 23.5 Å². The first-order valence-corrected chi connectivity index (χ1v) is 9.77. The minimum absolute atomic E-state index is 0.0184. The van der Waals surface area contributed by atoms with E-state index >= 15 is 0 Å². The fraction of sp³-hybridized carbons (Fsp3) is 0.462. The molecule has 1 amide bonds. The summed E-state index contributed by atoms with van der Waals surface area (Å²) in [5.41, 5.74) is -1.89. The lowest BCUT2D eigenvalue weighted by Crippen LogP contribution is -2.36. The van der Waals surface area contributed by atoms with Crippen LogP contribution in [0.15, 0.2) is 23.1 Å². The van der Waals surface area contributed by atoms with Crippen LogP contribution in [0.5, 0.6) is 0 Å². The number of nitro benzene ring substituents is 1. The molecule has 7 nitrogen and oxygen atoms in total. The van der Waals surface area contributed by atoms with Gasteiger partial charge in [-0.25, -0.2) is 8.42 Å². The number of nitrogens with zero attached hydrogens (tertiary/aromatic N) is 1. The Labute approximate surface area is 145 Å². The molecule has 1 aliphatic rings. The Kier molecular flexibility index (Phi) is 5.62. The number of carbonyl (C=O) groups excluding carboxylic acids is 1. The largest absolute Gasteiger partial charge is 0.416 e. The third-order valence-electron chi connectivity index (χ3n) is 3.44. The molecule has 1 fully saturated rings. The van der Waals surface area contributed by atoms with Crippen molar-refractivity contribution in [3.63, 3.8) is 0 Å². The second-order valence-corrected chi connectivity index (χ2v) is 8.64. The Balaban J connectivity index is 2.02. The number of nitrogens with one attached hydrogen (secondary N) is 1. The minimum Gasteiger partial charge on any atom is -0.352 e. The van der Waals surface area contributed by atoms with E-state index < -0.39 is 44.1 Å². The van der Waals surface area contributed by atoms with Crippen LogP contribution in [0.1, 0.15) is 12.0 Å². The molecule has 0 bridgehead atoms. The molecule has 2 rings (SSSR count). The number of halogens is 3. The number of amides is 1. The van der Waals surface area contributed by atoms with Crippen molar-refractivity contribution in [3.8, 4) is 0 Å².